The predicted molar refractivity (Wildman–Crippen MR) is 127 cm³/mol. The van der Waals surface area contributed by atoms with Crippen LogP contribution in [0.15, 0.2) is 29.3 Å². The Labute approximate surface area is 185 Å². The van der Waals surface area contributed by atoms with Gasteiger partial charge < -0.3 is 16.0 Å². The third-order valence-electron chi connectivity index (χ3n) is 4.92. The van der Waals surface area contributed by atoms with Crippen molar-refractivity contribution in [2.24, 2.45) is 4.99 Å². The van der Waals surface area contributed by atoms with Crippen molar-refractivity contribution in [3.05, 3.63) is 35.4 Å². The molecule has 3 N–H and O–H groups in total. The molecule has 1 aliphatic carbocycles. The van der Waals surface area contributed by atoms with Gasteiger partial charge >= 0.3 is 0 Å². The van der Waals surface area contributed by atoms with Crippen LogP contribution in [0.1, 0.15) is 55.5 Å². The van der Waals surface area contributed by atoms with Crippen LogP contribution < -0.4 is 16.0 Å². The second kappa shape index (κ2) is 12.5. The summed E-state index contributed by atoms with van der Waals surface area (Å²) in [5.74, 6) is 0.809. The largest absolute Gasteiger partial charge is 0.354 e. The molecule has 1 fully saturated rings. The normalized spacial score (nSPS) is 20.5. The molecule has 0 spiro atoms. The Morgan fingerprint density at radius 1 is 1.37 bits per heavy atom. The zero-order chi connectivity index (χ0) is 18.9. The topological polar surface area (TPSA) is 65.5 Å². The van der Waals surface area contributed by atoms with E-state index >= 15 is 0 Å². The molecule has 0 heterocycles. The molecule has 5 nitrogen and oxygen atoms in total. The quantitative estimate of drug-likeness (QED) is 0.301. The number of nitrogens with zero attached hydrogens (tertiary/aromatic N) is 1. The first-order valence-corrected chi connectivity index (χ1v) is 10.7. The zero-order valence-corrected chi connectivity index (χ0v) is 19.9. The molecule has 0 radical (unpaired) electrons. The van der Waals surface area contributed by atoms with Gasteiger partial charge in [-0.25, -0.2) is 0 Å². The fraction of sp³-hybridized carbons (Fsp3) is 0.600. The minimum Gasteiger partial charge on any atom is -0.354 e. The van der Waals surface area contributed by atoms with E-state index < -0.39 is 0 Å². The number of thioether (sulfide) groups is 1. The van der Waals surface area contributed by atoms with Crippen LogP contribution in [-0.2, 0) is 6.54 Å². The Kier molecular flexibility index (Phi) is 11.1. The fourth-order valence-corrected chi connectivity index (χ4v) is 3.89. The van der Waals surface area contributed by atoms with Crippen LogP contribution >= 0.6 is 35.7 Å². The van der Waals surface area contributed by atoms with Crippen molar-refractivity contribution in [1.29, 1.82) is 0 Å². The first-order valence-electron chi connectivity index (χ1n) is 9.45. The molecule has 7 heteroatoms. The average molecular weight is 504 g/mol. The summed E-state index contributed by atoms with van der Waals surface area (Å²) >= 11 is 1.95. The van der Waals surface area contributed by atoms with Crippen molar-refractivity contribution in [2.45, 2.75) is 63.4 Å². The molecule has 1 amide bonds. The van der Waals surface area contributed by atoms with Gasteiger partial charge in [0.05, 0.1) is 0 Å². The predicted octanol–water partition coefficient (Wildman–Crippen LogP) is 3.78. The van der Waals surface area contributed by atoms with E-state index in [-0.39, 0.29) is 35.9 Å². The van der Waals surface area contributed by atoms with E-state index in [1.807, 2.05) is 43.0 Å². The van der Waals surface area contributed by atoms with E-state index in [1.165, 1.54) is 19.3 Å². The minimum absolute atomic E-state index is 0. The third-order valence-corrected chi connectivity index (χ3v) is 6.02. The zero-order valence-electron chi connectivity index (χ0n) is 16.7. The van der Waals surface area contributed by atoms with E-state index in [1.54, 1.807) is 7.05 Å². The number of amides is 1. The van der Waals surface area contributed by atoms with Crippen LogP contribution in [0.2, 0.25) is 0 Å². The van der Waals surface area contributed by atoms with E-state index in [4.69, 9.17) is 0 Å². The summed E-state index contributed by atoms with van der Waals surface area (Å²) in [5.41, 5.74) is 1.77. The molecule has 1 aromatic rings. The van der Waals surface area contributed by atoms with E-state index in [0.717, 1.165) is 23.2 Å². The Hall–Kier alpha value is -0.960. The third kappa shape index (κ3) is 7.89. The molecule has 0 aliphatic heterocycles. The van der Waals surface area contributed by atoms with E-state index in [0.29, 0.717) is 18.2 Å². The summed E-state index contributed by atoms with van der Waals surface area (Å²) < 4.78 is 0. The van der Waals surface area contributed by atoms with Crippen LogP contribution in [0, 0.1) is 0 Å². The molecular weight excluding hydrogens is 471 g/mol. The number of hydrogen-bond donors (Lipinski definition) is 3. The molecule has 1 aromatic carbocycles. The number of benzene rings is 1. The molecular formula is C20H33IN4OS. The summed E-state index contributed by atoms with van der Waals surface area (Å²) in [6.45, 7) is 4.72. The standard InChI is InChI=1S/C20H32N4OS.HI/c1-5-14(2)23-19(25)16-8-6-7-15(11-16)13-22-20(21-3)24-17-9-10-18(12-17)26-4;/h6-8,11,14,17-18H,5,9-10,12-13H2,1-4H3,(H,23,25)(H2,21,22,24);1H. The number of carbonyl (C=O) groups excluding carboxylic acids is 1. The highest BCUT2D eigenvalue weighted by Gasteiger charge is 2.24. The Bertz CT molecular complexity index is 626. The van der Waals surface area contributed by atoms with E-state index in [9.17, 15) is 4.79 Å². The Morgan fingerprint density at radius 3 is 2.78 bits per heavy atom. The van der Waals surface area contributed by atoms with Crippen molar-refractivity contribution < 1.29 is 4.79 Å². The van der Waals surface area contributed by atoms with Gasteiger partial charge in [-0.05, 0) is 56.6 Å². The number of nitrogens with one attached hydrogen (secondary N) is 3. The summed E-state index contributed by atoms with van der Waals surface area (Å²) in [6.07, 6.45) is 6.76. The average Bonchev–Trinajstić information content (AvgIpc) is 3.12. The van der Waals surface area contributed by atoms with E-state index in [2.05, 4.69) is 34.1 Å². The summed E-state index contributed by atoms with van der Waals surface area (Å²) in [5, 5.41) is 10.6. The van der Waals surface area contributed by atoms with Gasteiger partial charge in [0.1, 0.15) is 0 Å². The van der Waals surface area contributed by atoms with Crippen molar-refractivity contribution in [1.82, 2.24) is 16.0 Å². The number of guanidine groups is 1. The first kappa shape index (κ1) is 24.1. The van der Waals surface area contributed by atoms with Crippen LogP contribution in [-0.4, -0.2) is 42.5 Å². The van der Waals surface area contributed by atoms with Crippen LogP contribution in [0.25, 0.3) is 0 Å². The SMILES string of the molecule is CCC(C)NC(=O)c1cccc(CNC(=NC)NC2CCC(SC)C2)c1.I. The van der Waals surface area contributed by atoms with Gasteiger partial charge in [0, 0.05) is 36.5 Å². The molecule has 3 unspecified atom stereocenters. The van der Waals surface area contributed by atoms with Gasteiger partial charge in [-0.15, -0.1) is 24.0 Å². The van der Waals surface area contributed by atoms with Gasteiger partial charge in [0.25, 0.3) is 5.91 Å². The Morgan fingerprint density at radius 2 is 2.15 bits per heavy atom. The highest BCUT2D eigenvalue weighted by molar-refractivity contribution is 14.0. The van der Waals surface area contributed by atoms with Crippen molar-refractivity contribution in [3.63, 3.8) is 0 Å². The Balaban J connectivity index is 0.00000364. The second-order valence-electron chi connectivity index (χ2n) is 6.92. The lowest BCUT2D eigenvalue weighted by Gasteiger charge is -2.17. The van der Waals surface area contributed by atoms with Gasteiger partial charge in [0.15, 0.2) is 5.96 Å². The van der Waals surface area contributed by atoms with Gasteiger partial charge in [-0.2, -0.15) is 11.8 Å². The van der Waals surface area contributed by atoms with Crippen LogP contribution in [0.5, 0.6) is 0 Å². The molecule has 152 valence electrons. The molecule has 2 rings (SSSR count). The highest BCUT2D eigenvalue weighted by atomic mass is 127. The lowest BCUT2D eigenvalue weighted by atomic mass is 10.1. The molecule has 27 heavy (non-hydrogen) atoms. The molecule has 1 aliphatic rings. The number of carbonyl (C=O) groups is 1. The maximum atomic E-state index is 12.3. The molecule has 1 saturated carbocycles. The summed E-state index contributed by atoms with van der Waals surface area (Å²) in [6, 6.07) is 8.43. The maximum Gasteiger partial charge on any atom is 0.251 e. The van der Waals surface area contributed by atoms with Crippen molar-refractivity contribution in [3.8, 4) is 0 Å². The second-order valence-corrected chi connectivity index (χ2v) is 8.06. The number of hydrogen-bond acceptors (Lipinski definition) is 3. The van der Waals surface area contributed by atoms with Crippen LogP contribution in [0.3, 0.4) is 0 Å². The van der Waals surface area contributed by atoms with Crippen molar-refractivity contribution in [2.75, 3.05) is 13.3 Å². The number of halogens is 1. The molecule has 3 atom stereocenters. The smallest absolute Gasteiger partial charge is 0.251 e. The van der Waals surface area contributed by atoms with Crippen molar-refractivity contribution >= 4 is 47.6 Å². The maximum absolute atomic E-state index is 12.3. The molecule has 0 saturated heterocycles. The monoisotopic (exact) mass is 504 g/mol. The number of rotatable bonds is 7. The molecule has 0 aromatic heterocycles. The lowest BCUT2D eigenvalue weighted by molar-refractivity contribution is 0.0939. The van der Waals surface area contributed by atoms with Gasteiger partial charge in [-0.1, -0.05) is 19.1 Å². The number of aliphatic imine (C=N–C) groups is 1. The van der Waals surface area contributed by atoms with Crippen LogP contribution in [0.4, 0.5) is 0 Å². The highest BCUT2D eigenvalue weighted by Crippen LogP contribution is 2.28. The minimum atomic E-state index is -0.0160. The molecule has 0 bridgehead atoms. The fourth-order valence-electron chi connectivity index (χ4n) is 3.09. The summed E-state index contributed by atoms with van der Waals surface area (Å²) in [7, 11) is 1.80. The van der Waals surface area contributed by atoms with Gasteiger partial charge in [0.2, 0.25) is 0 Å². The summed E-state index contributed by atoms with van der Waals surface area (Å²) in [4.78, 5) is 16.6. The lowest BCUT2D eigenvalue weighted by Crippen LogP contribution is -2.42. The first-order chi connectivity index (χ1) is 12.5. The van der Waals surface area contributed by atoms with Gasteiger partial charge in [-0.3, -0.25) is 9.79 Å².